The minimum atomic E-state index is -0.381. The van der Waals surface area contributed by atoms with Crippen molar-refractivity contribution in [1.82, 2.24) is 10.2 Å². The number of carbonyl (C=O) groups excluding carboxylic acids is 2. The number of amides is 2. The summed E-state index contributed by atoms with van der Waals surface area (Å²) in [4.78, 5) is 26.5. The summed E-state index contributed by atoms with van der Waals surface area (Å²) in [5.41, 5.74) is -0.300. The second kappa shape index (κ2) is 8.81. The first-order valence-electron chi connectivity index (χ1n) is 8.34. The van der Waals surface area contributed by atoms with Crippen LogP contribution >= 0.6 is 23.4 Å². The van der Waals surface area contributed by atoms with E-state index >= 15 is 0 Å². The van der Waals surface area contributed by atoms with Crippen LogP contribution < -0.4 is 10.1 Å². The van der Waals surface area contributed by atoms with Crippen LogP contribution in [0, 0.1) is 0 Å². The molecule has 1 fully saturated rings. The van der Waals surface area contributed by atoms with E-state index in [0.717, 1.165) is 5.75 Å². The number of thioether (sulfide) groups is 1. The zero-order valence-electron chi connectivity index (χ0n) is 14.9. The van der Waals surface area contributed by atoms with Crippen LogP contribution in [-0.2, 0) is 9.59 Å². The summed E-state index contributed by atoms with van der Waals surface area (Å²) in [5.74, 6) is 1.87. The highest BCUT2D eigenvalue weighted by Crippen LogP contribution is 2.23. The van der Waals surface area contributed by atoms with E-state index in [0.29, 0.717) is 36.1 Å². The zero-order valence-corrected chi connectivity index (χ0v) is 16.5. The highest BCUT2D eigenvalue weighted by atomic mass is 35.5. The first-order chi connectivity index (χ1) is 11.8. The third-order valence-corrected chi connectivity index (χ3v) is 4.89. The van der Waals surface area contributed by atoms with Crippen LogP contribution in [0.15, 0.2) is 24.3 Å². The Labute approximate surface area is 158 Å². The standard InChI is InChI=1S/C18H25ClN2O3S/c1-18(2,3)20-17(23)15-11-25-12-21(15)16(22)5-4-10-24-14-8-6-13(19)7-9-14/h6-9,15H,4-5,10-12H2,1-3H3,(H,20,23). The Morgan fingerprint density at radius 1 is 1.32 bits per heavy atom. The molecule has 1 aromatic carbocycles. The quantitative estimate of drug-likeness (QED) is 0.764. The van der Waals surface area contributed by atoms with E-state index < -0.39 is 0 Å². The van der Waals surface area contributed by atoms with Crippen LogP contribution in [0.3, 0.4) is 0 Å². The molecule has 0 bridgehead atoms. The molecule has 1 heterocycles. The summed E-state index contributed by atoms with van der Waals surface area (Å²) in [5, 5.41) is 3.62. The maximum Gasteiger partial charge on any atom is 0.244 e. The molecule has 0 aliphatic carbocycles. The molecule has 0 aromatic heterocycles. The maximum absolute atomic E-state index is 12.4. The van der Waals surface area contributed by atoms with Gasteiger partial charge in [-0.15, -0.1) is 11.8 Å². The number of rotatable bonds is 6. The lowest BCUT2D eigenvalue weighted by atomic mass is 10.1. The van der Waals surface area contributed by atoms with Crippen molar-refractivity contribution in [3.63, 3.8) is 0 Å². The molecule has 1 unspecified atom stereocenters. The highest BCUT2D eigenvalue weighted by Gasteiger charge is 2.35. The monoisotopic (exact) mass is 384 g/mol. The summed E-state index contributed by atoms with van der Waals surface area (Å²) in [6, 6.07) is 6.75. The van der Waals surface area contributed by atoms with E-state index in [1.165, 1.54) is 0 Å². The van der Waals surface area contributed by atoms with Crippen LogP contribution in [0.4, 0.5) is 0 Å². The number of nitrogens with one attached hydrogen (secondary N) is 1. The van der Waals surface area contributed by atoms with E-state index in [-0.39, 0.29) is 23.4 Å². The zero-order chi connectivity index (χ0) is 18.4. The van der Waals surface area contributed by atoms with Gasteiger partial charge in [0.25, 0.3) is 0 Å². The van der Waals surface area contributed by atoms with E-state index in [1.54, 1.807) is 40.9 Å². The number of halogens is 1. The molecule has 2 rings (SSSR count). The smallest absolute Gasteiger partial charge is 0.244 e. The Hall–Kier alpha value is -1.40. The molecule has 7 heteroatoms. The Kier molecular flexibility index (Phi) is 7.02. The van der Waals surface area contributed by atoms with Gasteiger partial charge in [0, 0.05) is 22.7 Å². The molecule has 25 heavy (non-hydrogen) atoms. The molecule has 2 amide bonds. The molecule has 138 valence electrons. The Morgan fingerprint density at radius 3 is 2.64 bits per heavy atom. The molecule has 1 aromatic rings. The molecule has 0 radical (unpaired) electrons. The number of carbonyl (C=O) groups is 2. The minimum Gasteiger partial charge on any atom is -0.494 e. The van der Waals surface area contributed by atoms with Gasteiger partial charge in [-0.2, -0.15) is 0 Å². The van der Waals surface area contributed by atoms with Gasteiger partial charge in [-0.1, -0.05) is 11.6 Å². The van der Waals surface area contributed by atoms with Crippen LogP contribution in [0.25, 0.3) is 0 Å². The van der Waals surface area contributed by atoms with Gasteiger partial charge in [-0.3, -0.25) is 9.59 Å². The summed E-state index contributed by atoms with van der Waals surface area (Å²) in [7, 11) is 0. The fourth-order valence-electron chi connectivity index (χ4n) is 2.45. The maximum atomic E-state index is 12.4. The van der Waals surface area contributed by atoms with Gasteiger partial charge < -0.3 is 15.0 Å². The summed E-state index contributed by atoms with van der Waals surface area (Å²) >= 11 is 7.44. The topological polar surface area (TPSA) is 58.6 Å². The van der Waals surface area contributed by atoms with E-state index in [9.17, 15) is 9.59 Å². The normalized spacial score (nSPS) is 17.4. The molecular weight excluding hydrogens is 360 g/mol. The predicted octanol–water partition coefficient (Wildman–Crippen LogP) is 3.32. The second-order valence-corrected chi connectivity index (χ2v) is 8.46. The van der Waals surface area contributed by atoms with Crippen molar-refractivity contribution in [2.45, 2.75) is 45.2 Å². The predicted molar refractivity (Wildman–Crippen MR) is 102 cm³/mol. The Balaban J connectivity index is 1.77. The van der Waals surface area contributed by atoms with Crippen LogP contribution in [-0.4, -0.2) is 46.5 Å². The molecule has 0 saturated carbocycles. The van der Waals surface area contributed by atoms with Crippen molar-refractivity contribution in [2.75, 3.05) is 18.2 Å². The van der Waals surface area contributed by atoms with Gasteiger partial charge >= 0.3 is 0 Å². The van der Waals surface area contributed by atoms with Gasteiger partial charge in [-0.05, 0) is 51.5 Å². The van der Waals surface area contributed by atoms with E-state index in [1.807, 2.05) is 20.8 Å². The van der Waals surface area contributed by atoms with Crippen LogP contribution in [0.2, 0.25) is 5.02 Å². The Bertz CT molecular complexity index is 601. The van der Waals surface area contributed by atoms with Crippen molar-refractivity contribution in [3.8, 4) is 5.75 Å². The summed E-state index contributed by atoms with van der Waals surface area (Å²) < 4.78 is 5.60. The van der Waals surface area contributed by atoms with Gasteiger partial charge in [-0.25, -0.2) is 0 Å². The third-order valence-electron chi connectivity index (χ3n) is 3.62. The van der Waals surface area contributed by atoms with Gasteiger partial charge in [0.2, 0.25) is 11.8 Å². The van der Waals surface area contributed by atoms with E-state index in [2.05, 4.69) is 5.32 Å². The first-order valence-corrected chi connectivity index (χ1v) is 9.87. The average molecular weight is 385 g/mol. The number of hydrogen-bond acceptors (Lipinski definition) is 4. The van der Waals surface area contributed by atoms with Crippen molar-refractivity contribution in [1.29, 1.82) is 0 Å². The Morgan fingerprint density at radius 2 is 2.00 bits per heavy atom. The molecule has 1 aliphatic heterocycles. The fourth-order valence-corrected chi connectivity index (χ4v) is 3.75. The van der Waals surface area contributed by atoms with E-state index in [4.69, 9.17) is 16.3 Å². The van der Waals surface area contributed by atoms with Crippen molar-refractivity contribution in [3.05, 3.63) is 29.3 Å². The molecule has 1 saturated heterocycles. The lowest BCUT2D eigenvalue weighted by Crippen LogP contribution is -2.52. The molecule has 5 nitrogen and oxygen atoms in total. The molecule has 1 N–H and O–H groups in total. The van der Waals surface area contributed by atoms with Crippen molar-refractivity contribution < 1.29 is 14.3 Å². The average Bonchev–Trinajstić information content (AvgIpc) is 3.01. The molecular formula is C18H25ClN2O3S. The third kappa shape index (κ3) is 6.44. The van der Waals surface area contributed by atoms with Gasteiger partial charge in [0.05, 0.1) is 12.5 Å². The number of hydrogen-bond donors (Lipinski definition) is 1. The highest BCUT2D eigenvalue weighted by molar-refractivity contribution is 7.99. The largest absolute Gasteiger partial charge is 0.494 e. The van der Waals surface area contributed by atoms with Gasteiger partial charge in [0.15, 0.2) is 0 Å². The fraction of sp³-hybridized carbons (Fsp3) is 0.556. The lowest BCUT2D eigenvalue weighted by molar-refractivity contribution is -0.138. The minimum absolute atomic E-state index is 0.00114. The molecule has 1 atom stereocenters. The van der Waals surface area contributed by atoms with Crippen LogP contribution in [0.5, 0.6) is 5.75 Å². The van der Waals surface area contributed by atoms with Crippen LogP contribution in [0.1, 0.15) is 33.6 Å². The summed E-state index contributed by atoms with van der Waals surface area (Å²) in [6.07, 6.45) is 0.976. The van der Waals surface area contributed by atoms with Crippen molar-refractivity contribution in [2.24, 2.45) is 0 Å². The van der Waals surface area contributed by atoms with Crippen molar-refractivity contribution >= 4 is 35.2 Å². The van der Waals surface area contributed by atoms with Gasteiger partial charge in [0.1, 0.15) is 11.8 Å². The number of ether oxygens (including phenoxy) is 1. The lowest BCUT2D eigenvalue weighted by Gasteiger charge is -2.27. The summed E-state index contributed by atoms with van der Waals surface area (Å²) in [6.45, 7) is 6.26. The second-order valence-electron chi connectivity index (χ2n) is 7.02. The molecule has 1 aliphatic rings. The SMILES string of the molecule is CC(C)(C)NC(=O)C1CSCN1C(=O)CCCOc1ccc(Cl)cc1. The number of benzene rings is 1. The first kappa shape index (κ1) is 19.9. The molecule has 0 spiro atoms. The number of nitrogens with zero attached hydrogens (tertiary/aromatic N) is 1.